The van der Waals surface area contributed by atoms with Gasteiger partial charge in [-0.2, -0.15) is 0 Å². The zero-order valence-corrected chi connectivity index (χ0v) is 17.4. The van der Waals surface area contributed by atoms with Crippen LogP contribution in [0.1, 0.15) is 43.1 Å². The third-order valence-electron chi connectivity index (χ3n) is 5.39. The maximum absolute atomic E-state index is 12.7. The Morgan fingerprint density at radius 2 is 1.89 bits per heavy atom. The van der Waals surface area contributed by atoms with Gasteiger partial charge >= 0.3 is 5.97 Å². The van der Waals surface area contributed by atoms with E-state index in [1.165, 1.54) is 18.0 Å². The van der Waals surface area contributed by atoms with E-state index in [4.69, 9.17) is 4.74 Å². The quantitative estimate of drug-likeness (QED) is 0.544. The second kappa shape index (κ2) is 9.28. The van der Waals surface area contributed by atoms with Gasteiger partial charge in [0.05, 0.1) is 6.20 Å². The van der Waals surface area contributed by atoms with Gasteiger partial charge in [-0.05, 0) is 50.0 Å². The Bertz CT molecular complexity index is 814. The van der Waals surface area contributed by atoms with Crippen molar-refractivity contribution in [3.05, 3.63) is 42.2 Å². The minimum absolute atomic E-state index is 0.163. The number of nitrogens with zero attached hydrogens (tertiary/aromatic N) is 3. The van der Waals surface area contributed by atoms with Crippen LogP contribution in [-0.2, 0) is 9.53 Å². The number of imidazole rings is 1. The lowest BCUT2D eigenvalue weighted by Crippen LogP contribution is -2.41. The number of ether oxygens (including phenoxy) is 1. The summed E-state index contributed by atoms with van der Waals surface area (Å²) in [4.78, 5) is 31.2. The number of carbonyl (C=O) groups excluding carboxylic acids is 2. The number of carbonyl (C=O) groups is 2. The molecule has 1 aliphatic rings. The van der Waals surface area contributed by atoms with Crippen LogP contribution >= 0.6 is 11.8 Å². The predicted octanol–water partition coefficient (Wildman–Crippen LogP) is 3.79. The molecule has 0 aliphatic heterocycles. The summed E-state index contributed by atoms with van der Waals surface area (Å²) in [6.45, 7) is 1.99. The number of benzene rings is 1. The van der Waals surface area contributed by atoms with Gasteiger partial charge in [0.25, 0.3) is 5.91 Å². The van der Waals surface area contributed by atoms with Gasteiger partial charge < -0.3 is 9.64 Å². The molecule has 0 atom stereocenters. The highest BCUT2D eigenvalue weighted by Gasteiger charge is 2.26. The molecule has 2 aromatic rings. The molecule has 1 fully saturated rings. The fourth-order valence-electron chi connectivity index (χ4n) is 3.59. The van der Waals surface area contributed by atoms with E-state index in [0.717, 1.165) is 37.3 Å². The first-order valence-corrected chi connectivity index (χ1v) is 10.8. The third-order valence-corrected chi connectivity index (χ3v) is 6.04. The van der Waals surface area contributed by atoms with E-state index in [1.807, 2.05) is 36.6 Å². The van der Waals surface area contributed by atoms with E-state index in [2.05, 4.69) is 11.9 Å². The summed E-state index contributed by atoms with van der Waals surface area (Å²) in [6, 6.07) is 9.76. The van der Waals surface area contributed by atoms with Gasteiger partial charge in [-0.15, -0.1) is 0 Å². The van der Waals surface area contributed by atoms with E-state index in [9.17, 15) is 9.59 Å². The largest absolute Gasteiger partial charge is 0.451 e. The van der Waals surface area contributed by atoms with Crippen LogP contribution in [0.4, 0.5) is 0 Å². The number of likely N-dealkylation sites (N-methyl/N-ethyl adjacent to an activating group) is 1. The van der Waals surface area contributed by atoms with Gasteiger partial charge in [0.1, 0.15) is 0 Å². The van der Waals surface area contributed by atoms with Crippen molar-refractivity contribution in [1.29, 1.82) is 0 Å². The van der Waals surface area contributed by atoms with Crippen LogP contribution in [0.15, 0.2) is 41.7 Å². The van der Waals surface area contributed by atoms with Crippen LogP contribution in [0.3, 0.4) is 0 Å². The maximum atomic E-state index is 12.7. The monoisotopic (exact) mass is 401 g/mol. The summed E-state index contributed by atoms with van der Waals surface area (Å²) in [5.74, 6) is 0.0147. The van der Waals surface area contributed by atoms with Crippen molar-refractivity contribution in [3.63, 3.8) is 0 Å². The van der Waals surface area contributed by atoms with Crippen molar-refractivity contribution >= 4 is 23.6 Å². The van der Waals surface area contributed by atoms with Gasteiger partial charge in [0, 0.05) is 18.8 Å². The summed E-state index contributed by atoms with van der Waals surface area (Å²) in [7, 11) is 1.80. The number of rotatable bonds is 6. The van der Waals surface area contributed by atoms with Gasteiger partial charge in [-0.1, -0.05) is 36.9 Å². The molecule has 0 N–H and O–H groups in total. The van der Waals surface area contributed by atoms with Crippen LogP contribution in [0.25, 0.3) is 5.69 Å². The molecule has 3 rings (SSSR count). The lowest BCUT2D eigenvalue weighted by molar-refractivity contribution is -0.136. The molecular formula is C21H27N3O3S. The molecule has 0 saturated heterocycles. The van der Waals surface area contributed by atoms with Crippen molar-refractivity contribution in [2.45, 2.75) is 43.8 Å². The van der Waals surface area contributed by atoms with Gasteiger partial charge in [-0.3, -0.25) is 9.36 Å². The Kier molecular flexibility index (Phi) is 6.78. The first kappa shape index (κ1) is 20.5. The van der Waals surface area contributed by atoms with E-state index >= 15 is 0 Å². The second-order valence-corrected chi connectivity index (χ2v) is 8.07. The van der Waals surface area contributed by atoms with Crippen molar-refractivity contribution in [2.75, 3.05) is 19.9 Å². The average molecular weight is 402 g/mol. The third kappa shape index (κ3) is 4.58. The Morgan fingerprint density at radius 1 is 1.21 bits per heavy atom. The van der Waals surface area contributed by atoms with Crippen LogP contribution in [0, 0.1) is 5.92 Å². The number of para-hydroxylation sites is 1. The van der Waals surface area contributed by atoms with E-state index in [0.29, 0.717) is 10.9 Å². The molecule has 1 aliphatic carbocycles. The number of amides is 1. The zero-order chi connectivity index (χ0) is 20.1. The molecule has 6 nitrogen and oxygen atoms in total. The lowest BCUT2D eigenvalue weighted by Gasteiger charge is -2.33. The summed E-state index contributed by atoms with van der Waals surface area (Å²) < 4.78 is 7.10. The topological polar surface area (TPSA) is 64.4 Å². The van der Waals surface area contributed by atoms with Crippen molar-refractivity contribution < 1.29 is 14.3 Å². The number of hydrogen-bond donors (Lipinski definition) is 0. The first-order valence-electron chi connectivity index (χ1n) is 9.61. The lowest BCUT2D eigenvalue weighted by atomic mass is 9.87. The summed E-state index contributed by atoms with van der Waals surface area (Å²) in [5.41, 5.74) is 1.15. The molecule has 1 amide bonds. The van der Waals surface area contributed by atoms with E-state index in [-0.39, 0.29) is 18.6 Å². The normalized spacial score (nSPS) is 19.2. The average Bonchev–Trinajstić information content (AvgIpc) is 3.16. The maximum Gasteiger partial charge on any atom is 0.357 e. The summed E-state index contributed by atoms with van der Waals surface area (Å²) in [5, 5.41) is 0.693. The molecule has 28 heavy (non-hydrogen) atoms. The van der Waals surface area contributed by atoms with E-state index < -0.39 is 5.97 Å². The molecule has 7 heteroatoms. The molecule has 1 saturated carbocycles. The standard InChI is InChI=1S/C21H27N3O3S/c1-15-9-11-16(12-10-15)23(2)19(25)14-27-20(26)18-13-22-21(28-3)24(18)17-7-5-4-6-8-17/h4-8,13,15-16H,9-12,14H2,1-3H3. The van der Waals surface area contributed by atoms with Crippen molar-refractivity contribution in [3.8, 4) is 5.69 Å². The molecule has 1 aromatic heterocycles. The molecular weight excluding hydrogens is 374 g/mol. The fourth-order valence-corrected chi connectivity index (χ4v) is 4.13. The minimum atomic E-state index is -0.546. The molecule has 0 spiro atoms. The Morgan fingerprint density at radius 3 is 2.54 bits per heavy atom. The van der Waals surface area contributed by atoms with Gasteiger partial charge in [0.15, 0.2) is 17.5 Å². The molecule has 1 heterocycles. The molecule has 0 radical (unpaired) electrons. The van der Waals surface area contributed by atoms with E-state index in [1.54, 1.807) is 16.5 Å². The SMILES string of the molecule is CSc1ncc(C(=O)OCC(=O)N(C)C2CCC(C)CC2)n1-c1ccccc1. The number of esters is 1. The Balaban J connectivity index is 1.65. The van der Waals surface area contributed by atoms with Gasteiger partial charge in [0.2, 0.25) is 0 Å². The van der Waals surface area contributed by atoms with Crippen LogP contribution < -0.4 is 0 Å². The molecule has 0 bridgehead atoms. The predicted molar refractivity (Wildman–Crippen MR) is 110 cm³/mol. The highest BCUT2D eigenvalue weighted by Crippen LogP contribution is 2.26. The Hall–Kier alpha value is -2.28. The molecule has 150 valence electrons. The van der Waals surface area contributed by atoms with Crippen LogP contribution in [-0.4, -0.2) is 52.3 Å². The van der Waals surface area contributed by atoms with Gasteiger partial charge in [-0.25, -0.2) is 9.78 Å². The number of aromatic nitrogens is 2. The molecule has 0 unspecified atom stereocenters. The summed E-state index contributed by atoms with van der Waals surface area (Å²) in [6.07, 6.45) is 7.69. The minimum Gasteiger partial charge on any atom is -0.451 e. The fraction of sp³-hybridized carbons (Fsp3) is 0.476. The van der Waals surface area contributed by atoms with Crippen LogP contribution in [0.5, 0.6) is 0 Å². The van der Waals surface area contributed by atoms with Crippen molar-refractivity contribution in [2.24, 2.45) is 5.92 Å². The number of thioether (sulfide) groups is 1. The second-order valence-electron chi connectivity index (χ2n) is 7.30. The number of hydrogen-bond acceptors (Lipinski definition) is 5. The first-order chi connectivity index (χ1) is 13.5. The highest BCUT2D eigenvalue weighted by molar-refractivity contribution is 7.98. The van der Waals surface area contributed by atoms with Crippen molar-refractivity contribution in [1.82, 2.24) is 14.5 Å². The highest BCUT2D eigenvalue weighted by atomic mass is 32.2. The van der Waals surface area contributed by atoms with Crippen LogP contribution in [0.2, 0.25) is 0 Å². The Labute approximate surface area is 170 Å². The summed E-state index contributed by atoms with van der Waals surface area (Å²) >= 11 is 1.45. The zero-order valence-electron chi connectivity index (χ0n) is 16.6. The smallest absolute Gasteiger partial charge is 0.357 e. The molecule has 1 aromatic carbocycles.